The number of rotatable bonds is 5. The Bertz CT molecular complexity index is 1080. The molecule has 0 amide bonds. The highest BCUT2D eigenvalue weighted by atomic mass is 35.5. The smallest absolute Gasteiger partial charge is 0.249 e. The lowest BCUT2D eigenvalue weighted by Gasteiger charge is -2.03. The van der Waals surface area contributed by atoms with Crippen molar-refractivity contribution in [2.45, 2.75) is 10.9 Å². The Morgan fingerprint density at radius 3 is 2.59 bits per heavy atom. The summed E-state index contributed by atoms with van der Waals surface area (Å²) in [5.74, 6) is 1.63. The molecule has 0 atom stereocenters. The minimum Gasteiger partial charge on any atom is -0.420 e. The van der Waals surface area contributed by atoms with Crippen LogP contribution in [0.25, 0.3) is 22.8 Å². The highest BCUT2D eigenvalue weighted by molar-refractivity contribution is 7.98. The summed E-state index contributed by atoms with van der Waals surface area (Å²) in [5.41, 5.74) is 1.48. The molecular formula is C18H13ClFN5OS. The lowest BCUT2D eigenvalue weighted by Crippen LogP contribution is -1.95. The molecule has 9 heteroatoms. The molecule has 0 aliphatic heterocycles. The highest BCUT2D eigenvalue weighted by Crippen LogP contribution is 2.29. The third-order valence-electron chi connectivity index (χ3n) is 3.83. The van der Waals surface area contributed by atoms with E-state index in [2.05, 4.69) is 20.4 Å². The van der Waals surface area contributed by atoms with Gasteiger partial charge in [0, 0.05) is 12.6 Å². The number of nitrogens with zero attached hydrogens (tertiary/aromatic N) is 5. The zero-order valence-electron chi connectivity index (χ0n) is 14.1. The van der Waals surface area contributed by atoms with Gasteiger partial charge in [0.15, 0.2) is 11.0 Å². The molecule has 2 aromatic heterocycles. The quantitative estimate of drug-likeness (QED) is 0.454. The highest BCUT2D eigenvalue weighted by Gasteiger charge is 2.15. The summed E-state index contributed by atoms with van der Waals surface area (Å²) < 4.78 is 20.6. The van der Waals surface area contributed by atoms with Crippen molar-refractivity contribution in [1.29, 1.82) is 0 Å². The molecule has 4 rings (SSSR count). The van der Waals surface area contributed by atoms with Crippen LogP contribution in [0, 0.1) is 5.82 Å². The van der Waals surface area contributed by atoms with Crippen molar-refractivity contribution in [1.82, 2.24) is 25.0 Å². The van der Waals surface area contributed by atoms with Gasteiger partial charge in [0.2, 0.25) is 11.8 Å². The predicted octanol–water partition coefficient (Wildman–Crippen LogP) is 4.62. The summed E-state index contributed by atoms with van der Waals surface area (Å²) in [6, 6.07) is 13.4. The van der Waals surface area contributed by atoms with Crippen LogP contribution in [-0.2, 0) is 12.8 Å². The van der Waals surface area contributed by atoms with Crippen molar-refractivity contribution in [3.8, 4) is 22.8 Å². The van der Waals surface area contributed by atoms with Gasteiger partial charge in [0.1, 0.15) is 5.82 Å². The summed E-state index contributed by atoms with van der Waals surface area (Å²) in [6.07, 6.45) is 0. The van der Waals surface area contributed by atoms with Gasteiger partial charge in [0.05, 0.1) is 16.3 Å². The van der Waals surface area contributed by atoms with Gasteiger partial charge in [-0.1, -0.05) is 35.5 Å². The number of halogens is 2. The number of thioether (sulfide) groups is 1. The normalized spacial score (nSPS) is 11.1. The maximum atomic E-state index is 13.1. The second-order valence-electron chi connectivity index (χ2n) is 5.64. The average molecular weight is 402 g/mol. The minimum atomic E-state index is -0.291. The van der Waals surface area contributed by atoms with E-state index in [1.165, 1.54) is 23.9 Å². The SMILES string of the molecule is Cn1c(SCc2nnc(-c3ccccc3Cl)o2)nnc1-c1ccc(F)cc1. The van der Waals surface area contributed by atoms with E-state index in [9.17, 15) is 4.39 Å². The van der Waals surface area contributed by atoms with Crippen LogP contribution in [0.4, 0.5) is 4.39 Å². The molecule has 0 aliphatic carbocycles. The van der Waals surface area contributed by atoms with Crippen LogP contribution in [0.5, 0.6) is 0 Å². The Morgan fingerprint density at radius 2 is 1.81 bits per heavy atom. The largest absolute Gasteiger partial charge is 0.420 e. The summed E-state index contributed by atoms with van der Waals surface area (Å²) in [6.45, 7) is 0. The molecule has 0 spiro atoms. The number of hydrogen-bond acceptors (Lipinski definition) is 6. The molecule has 6 nitrogen and oxygen atoms in total. The van der Waals surface area contributed by atoms with E-state index in [-0.39, 0.29) is 5.82 Å². The third kappa shape index (κ3) is 3.72. The van der Waals surface area contributed by atoms with E-state index in [0.29, 0.717) is 39.1 Å². The second kappa shape index (κ2) is 7.50. The maximum absolute atomic E-state index is 13.1. The van der Waals surface area contributed by atoms with Gasteiger partial charge in [-0.2, -0.15) is 0 Å². The van der Waals surface area contributed by atoms with Gasteiger partial charge >= 0.3 is 0 Å². The third-order valence-corrected chi connectivity index (χ3v) is 5.17. The van der Waals surface area contributed by atoms with Gasteiger partial charge in [-0.3, -0.25) is 0 Å². The lowest BCUT2D eigenvalue weighted by molar-refractivity contribution is 0.528. The lowest BCUT2D eigenvalue weighted by atomic mass is 10.2. The first-order chi connectivity index (χ1) is 13.1. The standard InChI is InChI=1S/C18H13ClFN5OS/c1-25-16(11-6-8-12(20)9-7-11)22-24-18(25)27-10-15-21-23-17(26-15)13-4-2-3-5-14(13)19/h2-9H,10H2,1H3. The Kier molecular flexibility index (Phi) is 4.91. The van der Waals surface area contributed by atoms with Gasteiger partial charge < -0.3 is 8.98 Å². The van der Waals surface area contributed by atoms with Crippen molar-refractivity contribution in [2.24, 2.45) is 7.05 Å². The van der Waals surface area contributed by atoms with Crippen LogP contribution in [-0.4, -0.2) is 25.0 Å². The fourth-order valence-corrected chi connectivity index (χ4v) is 3.44. The molecule has 0 aliphatic rings. The fraction of sp³-hybridized carbons (Fsp3) is 0.111. The average Bonchev–Trinajstić information content (AvgIpc) is 3.28. The summed E-state index contributed by atoms with van der Waals surface area (Å²) in [7, 11) is 1.85. The Hall–Kier alpha value is -2.71. The van der Waals surface area contributed by atoms with E-state index >= 15 is 0 Å². The first-order valence-electron chi connectivity index (χ1n) is 7.97. The molecule has 0 unspecified atom stereocenters. The van der Waals surface area contributed by atoms with E-state index in [4.69, 9.17) is 16.0 Å². The minimum absolute atomic E-state index is 0.291. The van der Waals surface area contributed by atoms with Crippen LogP contribution in [0.2, 0.25) is 5.02 Å². The molecule has 2 aromatic carbocycles. The first-order valence-corrected chi connectivity index (χ1v) is 9.33. The number of aromatic nitrogens is 5. The molecule has 136 valence electrons. The van der Waals surface area contributed by atoms with Crippen LogP contribution >= 0.6 is 23.4 Å². The summed E-state index contributed by atoms with van der Waals surface area (Å²) in [5, 5.41) is 17.7. The summed E-state index contributed by atoms with van der Waals surface area (Å²) in [4.78, 5) is 0. The van der Waals surface area contributed by atoms with Crippen LogP contribution in [0.3, 0.4) is 0 Å². The topological polar surface area (TPSA) is 69.6 Å². The van der Waals surface area contributed by atoms with Gasteiger partial charge in [-0.25, -0.2) is 4.39 Å². The van der Waals surface area contributed by atoms with Crippen LogP contribution < -0.4 is 0 Å². The predicted molar refractivity (Wildman–Crippen MR) is 101 cm³/mol. The molecule has 0 saturated heterocycles. The molecule has 0 saturated carbocycles. The first kappa shape index (κ1) is 17.7. The maximum Gasteiger partial charge on any atom is 0.249 e. The summed E-state index contributed by atoms with van der Waals surface area (Å²) >= 11 is 7.57. The Labute approximate surface area is 163 Å². The van der Waals surface area contributed by atoms with Gasteiger partial charge in [0.25, 0.3) is 0 Å². The van der Waals surface area contributed by atoms with Crippen LogP contribution in [0.1, 0.15) is 5.89 Å². The zero-order valence-corrected chi connectivity index (χ0v) is 15.7. The Morgan fingerprint density at radius 1 is 1.04 bits per heavy atom. The van der Waals surface area contributed by atoms with Crippen LogP contribution in [0.15, 0.2) is 58.1 Å². The fourth-order valence-electron chi connectivity index (χ4n) is 2.47. The molecule has 0 bridgehead atoms. The molecule has 0 radical (unpaired) electrons. The van der Waals surface area contributed by atoms with E-state index < -0.39 is 0 Å². The van der Waals surface area contributed by atoms with Gasteiger partial charge in [-0.15, -0.1) is 20.4 Å². The molecule has 0 fully saturated rings. The molecular weight excluding hydrogens is 389 g/mol. The Balaban J connectivity index is 1.48. The van der Waals surface area contributed by atoms with Crippen molar-refractivity contribution in [2.75, 3.05) is 0 Å². The van der Waals surface area contributed by atoms with E-state index in [0.717, 1.165) is 5.56 Å². The van der Waals surface area contributed by atoms with Crippen molar-refractivity contribution in [3.05, 3.63) is 65.3 Å². The van der Waals surface area contributed by atoms with Gasteiger partial charge in [-0.05, 0) is 36.4 Å². The van der Waals surface area contributed by atoms with Crippen molar-refractivity contribution < 1.29 is 8.81 Å². The van der Waals surface area contributed by atoms with Crippen molar-refractivity contribution in [3.63, 3.8) is 0 Å². The van der Waals surface area contributed by atoms with Crippen molar-refractivity contribution >= 4 is 23.4 Å². The monoisotopic (exact) mass is 401 g/mol. The molecule has 0 N–H and O–H groups in total. The molecule has 27 heavy (non-hydrogen) atoms. The zero-order chi connectivity index (χ0) is 18.8. The van der Waals surface area contributed by atoms with E-state index in [1.807, 2.05) is 29.8 Å². The number of hydrogen-bond donors (Lipinski definition) is 0. The van der Waals surface area contributed by atoms with E-state index in [1.54, 1.807) is 18.2 Å². The number of benzene rings is 2. The molecule has 2 heterocycles. The second-order valence-corrected chi connectivity index (χ2v) is 6.99. The molecule has 4 aromatic rings.